The van der Waals surface area contributed by atoms with E-state index in [4.69, 9.17) is 0 Å². The second kappa shape index (κ2) is 3.47. The Morgan fingerprint density at radius 1 is 1.42 bits per heavy atom. The summed E-state index contributed by atoms with van der Waals surface area (Å²) >= 11 is 0. The summed E-state index contributed by atoms with van der Waals surface area (Å²) < 4.78 is 0. The number of hydrogen-bond donors (Lipinski definition) is 0. The minimum Gasteiger partial charge on any atom is -0.0840 e. The summed E-state index contributed by atoms with van der Waals surface area (Å²) in [5, 5.41) is 0.539. The Balaban J connectivity index is 2.50. The van der Waals surface area contributed by atoms with E-state index in [1.54, 1.807) is 0 Å². The third kappa shape index (κ3) is 1.89. The predicted octanol–water partition coefficient (Wildman–Crippen LogP) is 1.46. The van der Waals surface area contributed by atoms with E-state index < -0.39 is 0 Å². The molecule has 0 heterocycles. The molecule has 0 aromatic heterocycles. The van der Waals surface area contributed by atoms with Gasteiger partial charge in [0.05, 0.1) is 15.7 Å². The molecule has 0 aromatic carbocycles. The standard InChI is InChI=1S/C10H22B2/c1-4-5-8-6-7(2)9(8)10(3,11)12/h7-9H,4-6,11-12H2,1-3H3. The molecule has 0 N–H and O–H groups in total. The first kappa shape index (κ1) is 10.2. The molecule has 2 heteroatoms. The first-order valence-electron chi connectivity index (χ1n) is 5.46. The van der Waals surface area contributed by atoms with Crippen LogP contribution in [0.3, 0.4) is 0 Å². The lowest BCUT2D eigenvalue weighted by Crippen LogP contribution is -2.43. The highest BCUT2D eigenvalue weighted by Crippen LogP contribution is 2.52. The van der Waals surface area contributed by atoms with Crippen LogP contribution >= 0.6 is 0 Å². The van der Waals surface area contributed by atoms with Crippen LogP contribution in [0.1, 0.15) is 40.0 Å². The maximum atomic E-state index is 2.42. The van der Waals surface area contributed by atoms with Gasteiger partial charge in [-0.1, -0.05) is 38.8 Å². The molecule has 0 aliphatic heterocycles. The summed E-state index contributed by atoms with van der Waals surface area (Å²) in [7, 11) is 4.80. The van der Waals surface area contributed by atoms with E-state index >= 15 is 0 Å². The molecule has 3 unspecified atom stereocenters. The van der Waals surface area contributed by atoms with Crippen molar-refractivity contribution in [2.45, 2.75) is 45.2 Å². The Hall–Kier alpha value is 0.130. The Bertz CT molecular complexity index is 146. The maximum Gasteiger partial charge on any atom is 0.0992 e. The Morgan fingerprint density at radius 3 is 2.33 bits per heavy atom. The van der Waals surface area contributed by atoms with Crippen LogP contribution in [0.15, 0.2) is 0 Å². The molecule has 1 aliphatic rings. The smallest absolute Gasteiger partial charge is 0.0840 e. The van der Waals surface area contributed by atoms with Crippen LogP contribution in [0.2, 0.25) is 5.21 Å². The van der Waals surface area contributed by atoms with E-state index in [0.717, 1.165) is 17.8 Å². The van der Waals surface area contributed by atoms with Crippen molar-refractivity contribution in [1.29, 1.82) is 0 Å². The van der Waals surface area contributed by atoms with Crippen molar-refractivity contribution in [2.24, 2.45) is 17.8 Å². The zero-order valence-corrected chi connectivity index (χ0v) is 9.35. The Labute approximate surface area is 79.3 Å². The summed E-state index contributed by atoms with van der Waals surface area (Å²) in [6, 6.07) is 0. The van der Waals surface area contributed by atoms with Crippen molar-refractivity contribution in [1.82, 2.24) is 0 Å². The van der Waals surface area contributed by atoms with Crippen molar-refractivity contribution in [3.63, 3.8) is 0 Å². The molecule has 68 valence electrons. The van der Waals surface area contributed by atoms with Crippen LogP contribution in [-0.4, -0.2) is 15.7 Å². The van der Waals surface area contributed by atoms with Crippen molar-refractivity contribution in [3.8, 4) is 0 Å². The van der Waals surface area contributed by atoms with Crippen LogP contribution in [0.5, 0.6) is 0 Å². The topological polar surface area (TPSA) is 0 Å². The van der Waals surface area contributed by atoms with Gasteiger partial charge in [-0.2, -0.15) is 0 Å². The molecule has 0 aromatic rings. The SMILES string of the molecule is BC(B)(C)C1C(C)CC1CCC. The van der Waals surface area contributed by atoms with Gasteiger partial charge in [-0.3, -0.25) is 0 Å². The molecule has 1 saturated carbocycles. The second-order valence-corrected chi connectivity index (χ2v) is 5.65. The fourth-order valence-electron chi connectivity index (χ4n) is 3.27. The fourth-order valence-corrected chi connectivity index (χ4v) is 3.27. The number of rotatable bonds is 3. The van der Waals surface area contributed by atoms with Gasteiger partial charge < -0.3 is 0 Å². The van der Waals surface area contributed by atoms with Crippen molar-refractivity contribution < 1.29 is 0 Å². The lowest BCUT2D eigenvalue weighted by atomic mass is 9.40. The quantitative estimate of drug-likeness (QED) is 0.553. The second-order valence-electron chi connectivity index (χ2n) is 5.65. The van der Waals surface area contributed by atoms with Gasteiger partial charge >= 0.3 is 0 Å². The van der Waals surface area contributed by atoms with E-state index in [-0.39, 0.29) is 0 Å². The molecule has 0 spiro atoms. The number of hydrogen-bond acceptors (Lipinski definition) is 0. The minimum absolute atomic E-state index is 0.539. The average Bonchev–Trinajstić information content (AvgIpc) is 1.82. The monoisotopic (exact) mass is 164 g/mol. The molecule has 3 atom stereocenters. The predicted molar refractivity (Wildman–Crippen MR) is 61.1 cm³/mol. The molecular formula is C10H22B2. The van der Waals surface area contributed by atoms with Gasteiger partial charge in [0.2, 0.25) is 0 Å². The van der Waals surface area contributed by atoms with E-state index in [9.17, 15) is 0 Å². The first-order chi connectivity index (χ1) is 5.46. The molecular weight excluding hydrogens is 142 g/mol. The third-order valence-electron chi connectivity index (χ3n) is 3.45. The van der Waals surface area contributed by atoms with Gasteiger partial charge in [0.1, 0.15) is 0 Å². The Kier molecular flexibility index (Phi) is 2.96. The summed E-state index contributed by atoms with van der Waals surface area (Å²) in [6.45, 7) is 7.13. The van der Waals surface area contributed by atoms with Crippen LogP contribution in [0, 0.1) is 17.8 Å². The molecule has 12 heavy (non-hydrogen) atoms. The van der Waals surface area contributed by atoms with Gasteiger partial charge in [-0.05, 0) is 24.2 Å². The van der Waals surface area contributed by atoms with Crippen LogP contribution in [0.25, 0.3) is 0 Å². The maximum absolute atomic E-state index is 2.42. The van der Waals surface area contributed by atoms with E-state index in [0.29, 0.717) is 5.21 Å². The minimum atomic E-state index is 0.539. The molecule has 0 saturated heterocycles. The Morgan fingerprint density at radius 2 is 2.00 bits per heavy atom. The van der Waals surface area contributed by atoms with Gasteiger partial charge in [0.15, 0.2) is 0 Å². The summed E-state index contributed by atoms with van der Waals surface area (Å²) in [4.78, 5) is 0. The highest BCUT2D eigenvalue weighted by Gasteiger charge is 2.43. The van der Waals surface area contributed by atoms with Gasteiger partial charge in [-0.25, -0.2) is 0 Å². The molecule has 1 fully saturated rings. The van der Waals surface area contributed by atoms with Crippen molar-refractivity contribution >= 4 is 15.7 Å². The highest BCUT2D eigenvalue weighted by atomic mass is 14.4. The molecule has 1 rings (SSSR count). The summed E-state index contributed by atoms with van der Waals surface area (Å²) in [5.41, 5.74) is 0. The normalized spacial score (nSPS) is 36.1. The third-order valence-corrected chi connectivity index (χ3v) is 3.45. The van der Waals surface area contributed by atoms with E-state index in [1.807, 2.05) is 0 Å². The lowest BCUT2D eigenvalue weighted by molar-refractivity contribution is 0.0633. The molecule has 1 aliphatic carbocycles. The molecule has 0 nitrogen and oxygen atoms in total. The zero-order valence-electron chi connectivity index (χ0n) is 9.35. The summed E-state index contributed by atoms with van der Waals surface area (Å²) in [5.74, 6) is 2.99. The zero-order chi connectivity index (χ0) is 9.35. The van der Waals surface area contributed by atoms with Crippen LogP contribution < -0.4 is 0 Å². The largest absolute Gasteiger partial charge is 0.0992 e. The van der Waals surface area contributed by atoms with Gasteiger partial charge in [0.25, 0.3) is 0 Å². The highest BCUT2D eigenvalue weighted by molar-refractivity contribution is 6.39. The van der Waals surface area contributed by atoms with Gasteiger partial charge in [-0.15, -0.1) is 0 Å². The molecule has 0 radical (unpaired) electrons. The summed E-state index contributed by atoms with van der Waals surface area (Å²) in [6.07, 6.45) is 4.30. The van der Waals surface area contributed by atoms with Gasteiger partial charge in [0, 0.05) is 0 Å². The van der Waals surface area contributed by atoms with Crippen LogP contribution in [0.4, 0.5) is 0 Å². The van der Waals surface area contributed by atoms with E-state index in [2.05, 4.69) is 36.5 Å². The molecule has 0 amide bonds. The van der Waals surface area contributed by atoms with Crippen molar-refractivity contribution in [3.05, 3.63) is 0 Å². The van der Waals surface area contributed by atoms with Crippen LogP contribution in [-0.2, 0) is 0 Å². The van der Waals surface area contributed by atoms with E-state index in [1.165, 1.54) is 19.3 Å². The first-order valence-corrected chi connectivity index (χ1v) is 5.46. The molecule has 0 bridgehead atoms. The fraction of sp³-hybridized carbons (Fsp3) is 1.00. The lowest BCUT2D eigenvalue weighted by Gasteiger charge is -2.51. The van der Waals surface area contributed by atoms with Crippen molar-refractivity contribution in [2.75, 3.05) is 0 Å². The average molecular weight is 164 g/mol.